The van der Waals surface area contributed by atoms with Gasteiger partial charge in [0, 0.05) is 7.11 Å². The molecule has 2 aromatic heterocycles. The zero-order valence-corrected chi connectivity index (χ0v) is 13.4. The number of nitrogens with two attached hydrogens (primary N) is 1. The maximum absolute atomic E-state index is 11.8. The van der Waals surface area contributed by atoms with Gasteiger partial charge in [-0.2, -0.15) is 0 Å². The molecule has 0 bridgehead atoms. The molecule has 0 saturated carbocycles. The molecule has 132 valence electrons. The molecule has 0 saturated heterocycles. The van der Waals surface area contributed by atoms with E-state index in [1.807, 2.05) is 0 Å². The van der Waals surface area contributed by atoms with E-state index in [1.165, 1.54) is 10.9 Å². The molecule has 12 nitrogen and oxygen atoms in total. The molecule has 5 N–H and O–H groups in total. The van der Waals surface area contributed by atoms with Crippen LogP contribution in [0.1, 0.15) is 11.9 Å². The Morgan fingerprint density at radius 3 is 3.00 bits per heavy atom. The summed E-state index contributed by atoms with van der Waals surface area (Å²) in [5, 5.41) is 19.1. The van der Waals surface area contributed by atoms with Gasteiger partial charge in [0.1, 0.15) is 31.1 Å². The molecule has 0 aromatic carbocycles. The summed E-state index contributed by atoms with van der Waals surface area (Å²) in [5.41, 5.74) is 6.36. The minimum atomic E-state index is -4.43. The molecule has 0 spiro atoms. The van der Waals surface area contributed by atoms with Crippen molar-refractivity contribution in [1.82, 2.24) is 19.5 Å². The first-order valence-electron chi connectivity index (χ1n) is 6.82. The summed E-state index contributed by atoms with van der Waals surface area (Å²) in [6.45, 7) is -0.720. The van der Waals surface area contributed by atoms with Crippen LogP contribution in [0.25, 0.3) is 11.2 Å². The fourth-order valence-electron chi connectivity index (χ4n) is 2.42. The van der Waals surface area contributed by atoms with Crippen molar-refractivity contribution in [1.29, 1.82) is 0 Å². The number of anilines is 1. The van der Waals surface area contributed by atoms with Crippen molar-refractivity contribution in [2.45, 2.75) is 25.0 Å². The van der Waals surface area contributed by atoms with Crippen molar-refractivity contribution in [2.24, 2.45) is 0 Å². The highest BCUT2D eigenvalue weighted by atomic mass is 31.2. The van der Waals surface area contributed by atoms with Gasteiger partial charge in [-0.25, -0.2) is 19.5 Å². The third kappa shape index (κ3) is 2.89. The zero-order chi connectivity index (χ0) is 17.5. The number of hydrogen-bond acceptors (Lipinski definition) is 10. The number of rotatable bonds is 5. The number of ether oxygens (including phenoxy) is 1. The molecule has 0 aliphatic carbocycles. The predicted octanol–water partition coefficient (Wildman–Crippen LogP) is -1.08. The lowest BCUT2D eigenvalue weighted by atomic mass is 10.1. The third-order valence-corrected chi connectivity index (χ3v) is 4.54. The molecule has 0 radical (unpaired) electrons. The number of phosphoric acid groups is 1. The molecule has 4 unspecified atom stereocenters. The molecule has 1 aliphatic heterocycles. The normalized spacial score (nSPS) is 24.5. The fourth-order valence-corrected chi connectivity index (χ4v) is 3.01. The summed E-state index contributed by atoms with van der Waals surface area (Å²) in [5.74, 6) is 0.256. The number of nitrogens with zero attached hydrogens (tertiary/aromatic N) is 4. The van der Waals surface area contributed by atoms with Crippen molar-refractivity contribution >= 4 is 24.8 Å². The van der Waals surface area contributed by atoms with E-state index in [2.05, 4.69) is 19.5 Å². The minimum Gasteiger partial charge on any atom is -0.394 e. The largest absolute Gasteiger partial charge is 0.472 e. The molecule has 2 aromatic rings. The Morgan fingerprint density at radius 2 is 2.33 bits per heavy atom. The Morgan fingerprint density at radius 1 is 1.58 bits per heavy atom. The van der Waals surface area contributed by atoms with Crippen LogP contribution in [0.2, 0.25) is 0 Å². The van der Waals surface area contributed by atoms with Crippen molar-refractivity contribution in [3.63, 3.8) is 0 Å². The first-order valence-corrected chi connectivity index (χ1v) is 8.31. The second-order valence-corrected chi connectivity index (χ2v) is 6.53. The van der Waals surface area contributed by atoms with Crippen LogP contribution < -0.4 is 5.73 Å². The van der Waals surface area contributed by atoms with Crippen LogP contribution in [0.4, 0.5) is 5.82 Å². The van der Waals surface area contributed by atoms with Gasteiger partial charge in [0.05, 0.1) is 6.61 Å². The van der Waals surface area contributed by atoms with Gasteiger partial charge in [0.2, 0.25) is 0 Å². The van der Waals surface area contributed by atoms with E-state index in [0.29, 0.717) is 5.65 Å². The highest BCUT2D eigenvalue weighted by Gasteiger charge is 2.43. The average molecular weight is 361 g/mol. The average Bonchev–Trinajstić information content (AvgIpc) is 2.95. The highest BCUT2D eigenvalue weighted by molar-refractivity contribution is 7.47. The third-order valence-electron chi connectivity index (χ3n) is 3.58. The van der Waals surface area contributed by atoms with E-state index >= 15 is 0 Å². The van der Waals surface area contributed by atoms with E-state index in [9.17, 15) is 19.7 Å². The molecule has 3 heterocycles. The Balaban J connectivity index is 2.12. The fraction of sp³-hybridized carbons (Fsp3) is 0.545. The molecule has 3 rings (SSSR count). The molecule has 24 heavy (non-hydrogen) atoms. The lowest BCUT2D eigenvalue weighted by molar-refractivity contribution is -0.150. The molecule has 0 amide bonds. The van der Waals surface area contributed by atoms with Crippen LogP contribution in [-0.4, -0.2) is 60.6 Å². The second kappa shape index (κ2) is 6.33. The van der Waals surface area contributed by atoms with Crippen LogP contribution >= 0.6 is 7.82 Å². The van der Waals surface area contributed by atoms with Gasteiger partial charge in [0.25, 0.3) is 0 Å². The Labute approximate surface area is 135 Å². The van der Waals surface area contributed by atoms with Gasteiger partial charge < -0.3 is 25.6 Å². The lowest BCUT2D eigenvalue weighted by Gasteiger charge is -2.34. The van der Waals surface area contributed by atoms with Gasteiger partial charge in [0.15, 0.2) is 23.1 Å². The van der Waals surface area contributed by atoms with Gasteiger partial charge in [-0.1, -0.05) is 0 Å². The molecule has 1 aliphatic rings. The van der Waals surface area contributed by atoms with Crippen LogP contribution in [0.3, 0.4) is 0 Å². The number of aliphatic hydroxyl groups excluding tert-OH is 2. The van der Waals surface area contributed by atoms with Crippen molar-refractivity contribution in [3.8, 4) is 0 Å². The number of aromatic nitrogens is 4. The Bertz CT molecular complexity index is 798. The quantitative estimate of drug-likeness (QED) is 0.477. The van der Waals surface area contributed by atoms with E-state index in [4.69, 9.17) is 15.0 Å². The predicted molar refractivity (Wildman–Crippen MR) is 78.4 cm³/mol. The van der Waals surface area contributed by atoms with E-state index in [-0.39, 0.29) is 23.9 Å². The molecular formula is C11H16N5O7P. The van der Waals surface area contributed by atoms with Gasteiger partial charge >= 0.3 is 7.82 Å². The van der Waals surface area contributed by atoms with Crippen LogP contribution in [0.5, 0.6) is 0 Å². The Hall–Kier alpha value is -1.66. The monoisotopic (exact) mass is 361 g/mol. The number of hydrogen-bond donors (Lipinski definition) is 4. The summed E-state index contributed by atoms with van der Waals surface area (Å²) in [4.78, 5) is 21.8. The van der Waals surface area contributed by atoms with Crippen LogP contribution in [-0.2, 0) is 25.1 Å². The number of imidazole rings is 1. The van der Waals surface area contributed by atoms with Crippen LogP contribution in [0, 0.1) is 0 Å². The Kier molecular flexibility index (Phi) is 4.53. The van der Waals surface area contributed by atoms with E-state index in [1.54, 1.807) is 0 Å². The lowest BCUT2D eigenvalue weighted by Crippen LogP contribution is -2.42. The zero-order valence-electron chi connectivity index (χ0n) is 12.5. The standard InChI is InChI=1S/C11H16N5O7P/c1-21-24(19,20)23-8-7(5(18)2-17)22-4-16-10-6(15-11(8)16)9(12)13-3-14-10/h3,5,7-8,17-18H,2,4H2,1H3,(H,19,20)(H2,12,13,14). The van der Waals surface area contributed by atoms with Gasteiger partial charge in [-0.15, -0.1) is 0 Å². The summed E-state index contributed by atoms with van der Waals surface area (Å²) < 4.78 is 28.2. The first kappa shape index (κ1) is 17.2. The van der Waals surface area contributed by atoms with E-state index in [0.717, 1.165) is 7.11 Å². The summed E-state index contributed by atoms with van der Waals surface area (Å²) in [6.07, 6.45) is -2.58. The smallest absolute Gasteiger partial charge is 0.394 e. The molecule has 0 fully saturated rings. The first-order chi connectivity index (χ1) is 11.4. The molecular weight excluding hydrogens is 345 g/mol. The van der Waals surface area contributed by atoms with Crippen LogP contribution in [0.15, 0.2) is 6.33 Å². The van der Waals surface area contributed by atoms with Crippen molar-refractivity contribution in [3.05, 3.63) is 12.2 Å². The van der Waals surface area contributed by atoms with Crippen molar-refractivity contribution < 1.29 is 33.5 Å². The van der Waals surface area contributed by atoms with Gasteiger partial charge in [-0.05, 0) is 0 Å². The van der Waals surface area contributed by atoms with E-state index < -0.39 is 32.7 Å². The van der Waals surface area contributed by atoms with Crippen molar-refractivity contribution in [2.75, 3.05) is 19.5 Å². The number of aliphatic hydroxyl groups is 2. The SMILES string of the molecule is COP(=O)(O)OC1c2nc3c(N)ncnc3n2COC1C(O)CO. The maximum Gasteiger partial charge on any atom is 0.472 e. The summed E-state index contributed by atoms with van der Waals surface area (Å²) >= 11 is 0. The molecule has 13 heteroatoms. The number of phosphoric ester groups is 1. The minimum absolute atomic E-state index is 0.0768. The van der Waals surface area contributed by atoms with Gasteiger partial charge in [-0.3, -0.25) is 13.6 Å². The summed E-state index contributed by atoms with van der Waals surface area (Å²) in [7, 11) is -3.44. The molecule has 4 atom stereocenters. The highest BCUT2D eigenvalue weighted by Crippen LogP contribution is 2.49. The summed E-state index contributed by atoms with van der Waals surface area (Å²) in [6, 6.07) is 0. The maximum atomic E-state index is 11.8. The number of nitrogen functional groups attached to an aromatic ring is 1. The second-order valence-electron chi connectivity index (χ2n) is 5.02. The number of fused-ring (bicyclic) bond motifs is 3. The topological polar surface area (TPSA) is 175 Å².